The number of ether oxygens (including phenoxy) is 1. The summed E-state index contributed by atoms with van der Waals surface area (Å²) < 4.78 is 5.32. The zero-order valence-corrected chi connectivity index (χ0v) is 14.1. The van der Waals surface area contributed by atoms with Crippen molar-refractivity contribution in [2.75, 3.05) is 26.3 Å². The first kappa shape index (κ1) is 17.2. The van der Waals surface area contributed by atoms with E-state index in [4.69, 9.17) is 4.74 Å². The van der Waals surface area contributed by atoms with Gasteiger partial charge in [0.05, 0.1) is 13.2 Å². The number of carbonyl (C=O) groups is 2. The van der Waals surface area contributed by atoms with Crippen molar-refractivity contribution >= 4 is 11.8 Å². The Morgan fingerprint density at radius 3 is 2.20 bits per heavy atom. The Kier molecular flexibility index (Phi) is 5.80. The molecule has 3 rings (SSSR count). The fraction of sp³-hybridized carbons (Fsp3) is 0.300. The largest absolute Gasteiger partial charge is 0.378 e. The minimum atomic E-state index is -0.590. The second kappa shape index (κ2) is 8.44. The molecule has 1 aliphatic heterocycles. The number of benzene rings is 2. The third-order valence-corrected chi connectivity index (χ3v) is 4.24. The van der Waals surface area contributed by atoms with Gasteiger partial charge in [0.25, 0.3) is 5.91 Å². The molecule has 5 heteroatoms. The molecule has 130 valence electrons. The van der Waals surface area contributed by atoms with E-state index in [0.29, 0.717) is 38.3 Å². The first-order chi connectivity index (χ1) is 12.2. The number of nitrogens with one attached hydrogen (secondary N) is 1. The summed E-state index contributed by atoms with van der Waals surface area (Å²) in [6.45, 7) is 2.20. The Labute approximate surface area is 147 Å². The SMILES string of the molecule is O=C(N[C@H](Cc1ccccc1)C(=O)N1CCOCC1)c1ccccc1. The van der Waals surface area contributed by atoms with Gasteiger partial charge in [-0.1, -0.05) is 48.5 Å². The van der Waals surface area contributed by atoms with Crippen molar-refractivity contribution in [3.63, 3.8) is 0 Å². The highest BCUT2D eigenvalue weighted by Crippen LogP contribution is 2.09. The number of amides is 2. The molecule has 5 nitrogen and oxygen atoms in total. The van der Waals surface area contributed by atoms with Gasteiger partial charge in [0.15, 0.2) is 0 Å². The first-order valence-corrected chi connectivity index (χ1v) is 8.50. The van der Waals surface area contributed by atoms with Crippen molar-refractivity contribution in [2.45, 2.75) is 12.5 Å². The van der Waals surface area contributed by atoms with Gasteiger partial charge in [0.2, 0.25) is 5.91 Å². The third-order valence-electron chi connectivity index (χ3n) is 4.24. The number of hydrogen-bond donors (Lipinski definition) is 1. The van der Waals surface area contributed by atoms with Gasteiger partial charge in [-0.05, 0) is 17.7 Å². The van der Waals surface area contributed by atoms with E-state index in [-0.39, 0.29) is 11.8 Å². The molecular formula is C20H22N2O3. The Bertz CT molecular complexity index is 697. The zero-order valence-electron chi connectivity index (χ0n) is 14.1. The molecule has 1 atom stereocenters. The van der Waals surface area contributed by atoms with Gasteiger partial charge in [-0.15, -0.1) is 0 Å². The summed E-state index contributed by atoms with van der Waals surface area (Å²) in [5.41, 5.74) is 1.57. The fourth-order valence-electron chi connectivity index (χ4n) is 2.89. The Morgan fingerprint density at radius 1 is 0.960 bits per heavy atom. The van der Waals surface area contributed by atoms with Gasteiger partial charge in [0, 0.05) is 25.1 Å². The lowest BCUT2D eigenvalue weighted by molar-refractivity contribution is -0.137. The second-order valence-corrected chi connectivity index (χ2v) is 6.02. The quantitative estimate of drug-likeness (QED) is 0.906. The maximum absolute atomic E-state index is 12.9. The molecule has 0 aliphatic carbocycles. The summed E-state index contributed by atoms with van der Waals surface area (Å²) in [6, 6.07) is 18.1. The van der Waals surface area contributed by atoms with Crippen LogP contribution in [0.2, 0.25) is 0 Å². The normalized spacial score (nSPS) is 15.4. The molecule has 2 aromatic rings. The number of nitrogens with zero attached hydrogens (tertiary/aromatic N) is 1. The predicted molar refractivity (Wildman–Crippen MR) is 95.2 cm³/mol. The van der Waals surface area contributed by atoms with Crippen molar-refractivity contribution in [3.05, 3.63) is 71.8 Å². The molecule has 25 heavy (non-hydrogen) atoms. The summed E-state index contributed by atoms with van der Waals surface area (Å²) in [5, 5.41) is 2.91. The molecule has 0 radical (unpaired) electrons. The fourth-order valence-corrected chi connectivity index (χ4v) is 2.89. The Morgan fingerprint density at radius 2 is 1.56 bits per heavy atom. The standard InChI is InChI=1S/C20H22N2O3/c23-19(17-9-5-2-6-10-17)21-18(15-16-7-3-1-4-8-16)20(24)22-11-13-25-14-12-22/h1-10,18H,11-15H2,(H,21,23)/t18-/m1/s1. The predicted octanol–water partition coefficient (Wildman–Crippen LogP) is 1.89. The highest BCUT2D eigenvalue weighted by Gasteiger charge is 2.27. The molecule has 1 N–H and O–H groups in total. The van der Waals surface area contributed by atoms with Crippen LogP contribution in [0.3, 0.4) is 0 Å². The van der Waals surface area contributed by atoms with Crippen LogP contribution in [0.1, 0.15) is 15.9 Å². The van der Waals surface area contributed by atoms with Crippen molar-refractivity contribution in [2.24, 2.45) is 0 Å². The maximum atomic E-state index is 12.9. The van der Waals surface area contributed by atoms with Crippen molar-refractivity contribution in [1.29, 1.82) is 0 Å². The molecule has 1 heterocycles. The van der Waals surface area contributed by atoms with E-state index in [1.165, 1.54) is 0 Å². The third kappa shape index (κ3) is 4.67. The lowest BCUT2D eigenvalue weighted by Gasteiger charge is -2.31. The molecule has 0 spiro atoms. The topological polar surface area (TPSA) is 58.6 Å². The molecule has 2 amide bonds. The van der Waals surface area contributed by atoms with Crippen LogP contribution in [0.15, 0.2) is 60.7 Å². The minimum absolute atomic E-state index is 0.0589. The summed E-state index contributed by atoms with van der Waals surface area (Å²) in [6.07, 6.45) is 0.468. The van der Waals surface area contributed by atoms with Crippen molar-refractivity contribution < 1.29 is 14.3 Å². The van der Waals surface area contributed by atoms with Gasteiger partial charge in [-0.2, -0.15) is 0 Å². The van der Waals surface area contributed by atoms with E-state index < -0.39 is 6.04 Å². The summed E-state index contributed by atoms with van der Waals surface area (Å²) in [4.78, 5) is 27.2. The minimum Gasteiger partial charge on any atom is -0.378 e. The van der Waals surface area contributed by atoms with Gasteiger partial charge in [-0.25, -0.2) is 0 Å². The average molecular weight is 338 g/mol. The van der Waals surface area contributed by atoms with Crippen LogP contribution < -0.4 is 5.32 Å². The number of rotatable bonds is 5. The zero-order chi connectivity index (χ0) is 17.5. The van der Waals surface area contributed by atoms with Gasteiger partial charge in [0.1, 0.15) is 6.04 Å². The molecule has 1 saturated heterocycles. The highest BCUT2D eigenvalue weighted by atomic mass is 16.5. The lowest BCUT2D eigenvalue weighted by Crippen LogP contribution is -2.52. The van der Waals surface area contributed by atoms with Crippen LogP contribution in [0.25, 0.3) is 0 Å². The van der Waals surface area contributed by atoms with Crippen molar-refractivity contribution in [1.82, 2.24) is 10.2 Å². The number of carbonyl (C=O) groups excluding carboxylic acids is 2. The van der Waals surface area contributed by atoms with E-state index in [0.717, 1.165) is 5.56 Å². The summed E-state index contributed by atoms with van der Waals surface area (Å²) in [7, 11) is 0. The molecular weight excluding hydrogens is 316 g/mol. The molecule has 0 unspecified atom stereocenters. The Balaban J connectivity index is 1.75. The van der Waals surface area contributed by atoms with Crippen LogP contribution in [-0.2, 0) is 16.0 Å². The molecule has 1 aliphatic rings. The van der Waals surface area contributed by atoms with Crippen molar-refractivity contribution in [3.8, 4) is 0 Å². The smallest absolute Gasteiger partial charge is 0.251 e. The second-order valence-electron chi connectivity index (χ2n) is 6.02. The van der Waals surface area contributed by atoms with Crippen LogP contribution in [0.5, 0.6) is 0 Å². The van der Waals surface area contributed by atoms with Crippen LogP contribution >= 0.6 is 0 Å². The average Bonchev–Trinajstić information content (AvgIpc) is 2.69. The van der Waals surface area contributed by atoms with Gasteiger partial charge < -0.3 is 15.0 Å². The van der Waals surface area contributed by atoms with E-state index in [9.17, 15) is 9.59 Å². The van der Waals surface area contributed by atoms with Crippen LogP contribution in [-0.4, -0.2) is 49.1 Å². The number of hydrogen-bond acceptors (Lipinski definition) is 3. The van der Waals surface area contributed by atoms with E-state index in [2.05, 4.69) is 5.32 Å². The molecule has 1 fully saturated rings. The molecule has 0 aromatic heterocycles. The summed E-state index contributed by atoms with van der Waals surface area (Å²) in [5.74, 6) is -0.292. The maximum Gasteiger partial charge on any atom is 0.251 e. The Hall–Kier alpha value is -2.66. The number of morpholine rings is 1. The van der Waals surface area contributed by atoms with Gasteiger partial charge >= 0.3 is 0 Å². The first-order valence-electron chi connectivity index (χ1n) is 8.50. The lowest BCUT2D eigenvalue weighted by atomic mass is 10.0. The van der Waals surface area contributed by atoms with E-state index >= 15 is 0 Å². The monoisotopic (exact) mass is 338 g/mol. The van der Waals surface area contributed by atoms with Crippen LogP contribution in [0.4, 0.5) is 0 Å². The summed E-state index contributed by atoms with van der Waals surface area (Å²) >= 11 is 0. The van der Waals surface area contributed by atoms with E-state index in [1.807, 2.05) is 48.5 Å². The molecule has 2 aromatic carbocycles. The molecule has 0 saturated carbocycles. The highest BCUT2D eigenvalue weighted by molar-refractivity contribution is 5.97. The van der Waals surface area contributed by atoms with Crippen LogP contribution in [0, 0.1) is 0 Å². The van der Waals surface area contributed by atoms with E-state index in [1.54, 1.807) is 17.0 Å². The molecule has 0 bridgehead atoms. The van der Waals surface area contributed by atoms with Gasteiger partial charge in [-0.3, -0.25) is 9.59 Å².